The van der Waals surface area contributed by atoms with Gasteiger partial charge in [-0.05, 0) is 85.8 Å². The lowest BCUT2D eigenvalue weighted by Crippen LogP contribution is -2.15. The first-order valence-electron chi connectivity index (χ1n) is 9.93. The minimum absolute atomic E-state index is 0.418. The van der Waals surface area contributed by atoms with Gasteiger partial charge < -0.3 is 14.3 Å². The van der Waals surface area contributed by atoms with E-state index in [1.54, 1.807) is 31.4 Å². The predicted octanol–water partition coefficient (Wildman–Crippen LogP) is 5.69. The van der Waals surface area contributed by atoms with Crippen molar-refractivity contribution in [3.8, 4) is 17.2 Å². The molecule has 0 spiro atoms. The van der Waals surface area contributed by atoms with Crippen LogP contribution in [0.1, 0.15) is 39.9 Å². The molecule has 0 N–H and O–H groups in total. The van der Waals surface area contributed by atoms with Gasteiger partial charge in [0.2, 0.25) is 0 Å². The summed E-state index contributed by atoms with van der Waals surface area (Å²) in [4.78, 5) is 17.7. The van der Waals surface area contributed by atoms with Crippen LogP contribution >= 0.6 is 0 Å². The number of rotatable bonds is 5. The van der Waals surface area contributed by atoms with Crippen molar-refractivity contribution in [1.29, 1.82) is 0 Å². The third-order valence-electron chi connectivity index (χ3n) is 5.23. The number of nitrogens with zero attached hydrogens (tertiary/aromatic N) is 1. The molecule has 3 aromatic rings. The Labute approximate surface area is 175 Å². The largest absolute Gasteiger partial charge is 0.496 e. The van der Waals surface area contributed by atoms with Gasteiger partial charge in [0, 0.05) is 5.56 Å². The smallest absolute Gasteiger partial charge is 0.365 e. The van der Waals surface area contributed by atoms with E-state index in [2.05, 4.69) is 5.16 Å². The van der Waals surface area contributed by atoms with Crippen LogP contribution < -0.4 is 9.47 Å². The van der Waals surface area contributed by atoms with Crippen LogP contribution in [0.4, 0.5) is 0 Å². The van der Waals surface area contributed by atoms with Crippen LogP contribution in [-0.2, 0) is 11.3 Å². The Balaban J connectivity index is 1.46. The highest BCUT2D eigenvalue weighted by molar-refractivity contribution is 6.03. The van der Waals surface area contributed by atoms with Gasteiger partial charge in [0.25, 0.3) is 0 Å². The summed E-state index contributed by atoms with van der Waals surface area (Å²) in [7, 11) is 1.67. The van der Waals surface area contributed by atoms with Crippen molar-refractivity contribution < 1.29 is 19.1 Å². The highest BCUT2D eigenvalue weighted by Crippen LogP contribution is 2.31. The number of fused-ring (bicyclic) bond motifs is 1. The Morgan fingerprint density at radius 1 is 0.900 bits per heavy atom. The molecule has 3 aromatic carbocycles. The van der Waals surface area contributed by atoms with Gasteiger partial charge >= 0.3 is 5.97 Å². The number of para-hydroxylation sites is 1. The van der Waals surface area contributed by atoms with Crippen LogP contribution in [0.15, 0.2) is 71.9 Å². The van der Waals surface area contributed by atoms with Crippen molar-refractivity contribution in [2.45, 2.75) is 26.2 Å². The number of carbonyl (C=O) groups excluding carboxylic acids is 1. The van der Waals surface area contributed by atoms with Crippen molar-refractivity contribution in [2.24, 2.45) is 5.16 Å². The number of hydrogen-bond acceptors (Lipinski definition) is 5. The maximum absolute atomic E-state index is 12.4. The molecule has 5 heteroatoms. The van der Waals surface area contributed by atoms with E-state index < -0.39 is 5.97 Å². The minimum Gasteiger partial charge on any atom is -0.496 e. The summed E-state index contributed by atoms with van der Waals surface area (Å²) in [5, 5.41) is 4.18. The van der Waals surface area contributed by atoms with Crippen molar-refractivity contribution in [1.82, 2.24) is 0 Å². The van der Waals surface area contributed by atoms with E-state index in [1.807, 2.05) is 49.4 Å². The average Bonchev–Trinajstić information content (AvgIpc) is 2.79. The maximum Gasteiger partial charge on any atom is 0.365 e. The molecule has 5 nitrogen and oxygen atoms in total. The summed E-state index contributed by atoms with van der Waals surface area (Å²) in [5.74, 6) is 1.76. The molecule has 0 radical (unpaired) electrons. The quantitative estimate of drug-likeness (QED) is 0.407. The van der Waals surface area contributed by atoms with Crippen molar-refractivity contribution in [3.05, 3.63) is 89.0 Å². The Hall–Kier alpha value is -3.60. The first-order chi connectivity index (χ1) is 14.7. The molecule has 0 amide bonds. The topological polar surface area (TPSA) is 57.1 Å². The number of hydrogen-bond donors (Lipinski definition) is 0. The summed E-state index contributed by atoms with van der Waals surface area (Å²) in [5.41, 5.74) is 4.56. The zero-order valence-electron chi connectivity index (χ0n) is 17.1. The lowest BCUT2D eigenvalue weighted by molar-refractivity contribution is 0.0515. The van der Waals surface area contributed by atoms with Crippen molar-refractivity contribution >= 4 is 11.7 Å². The molecule has 0 heterocycles. The third kappa shape index (κ3) is 4.20. The Morgan fingerprint density at radius 2 is 1.63 bits per heavy atom. The third-order valence-corrected chi connectivity index (χ3v) is 5.23. The molecule has 0 atom stereocenters. The molecule has 30 heavy (non-hydrogen) atoms. The SMILES string of the molecule is COc1ccc2c(c1C)CCCC2=NOC(=O)c1ccc(Oc2ccccc2)cc1. The monoisotopic (exact) mass is 401 g/mol. The van der Waals surface area contributed by atoms with E-state index in [0.29, 0.717) is 11.3 Å². The highest BCUT2D eigenvalue weighted by Gasteiger charge is 2.20. The van der Waals surface area contributed by atoms with Crippen LogP contribution in [0.25, 0.3) is 0 Å². The molecule has 0 saturated heterocycles. The first kappa shape index (κ1) is 19.7. The van der Waals surface area contributed by atoms with Crippen molar-refractivity contribution in [3.63, 3.8) is 0 Å². The van der Waals surface area contributed by atoms with Gasteiger partial charge in [-0.2, -0.15) is 0 Å². The summed E-state index contributed by atoms with van der Waals surface area (Å²) in [6.07, 6.45) is 2.70. The van der Waals surface area contributed by atoms with Crippen molar-refractivity contribution in [2.75, 3.05) is 7.11 Å². The van der Waals surface area contributed by atoms with E-state index in [-0.39, 0.29) is 0 Å². The second-order valence-electron chi connectivity index (χ2n) is 7.13. The van der Waals surface area contributed by atoms with Gasteiger partial charge in [-0.3, -0.25) is 0 Å². The Bertz CT molecular complexity index is 1070. The summed E-state index contributed by atoms with van der Waals surface area (Å²) >= 11 is 0. The summed E-state index contributed by atoms with van der Waals surface area (Å²) in [6.45, 7) is 2.05. The second kappa shape index (κ2) is 8.82. The molecule has 0 saturated carbocycles. The molecular weight excluding hydrogens is 378 g/mol. The fraction of sp³-hybridized carbons (Fsp3) is 0.200. The van der Waals surface area contributed by atoms with Gasteiger partial charge in [-0.25, -0.2) is 4.79 Å². The fourth-order valence-electron chi connectivity index (χ4n) is 3.64. The molecule has 0 bridgehead atoms. The molecule has 4 rings (SSSR count). The average molecular weight is 401 g/mol. The molecule has 1 aliphatic rings. The summed E-state index contributed by atoms with van der Waals surface area (Å²) < 4.78 is 11.2. The number of oxime groups is 1. The van der Waals surface area contributed by atoms with Gasteiger partial charge in [0.1, 0.15) is 17.2 Å². The minimum atomic E-state index is -0.494. The second-order valence-corrected chi connectivity index (χ2v) is 7.13. The van der Waals surface area contributed by atoms with E-state index in [1.165, 1.54) is 5.56 Å². The number of benzene rings is 3. The van der Waals surface area contributed by atoms with Crippen LogP contribution in [0, 0.1) is 6.92 Å². The summed E-state index contributed by atoms with van der Waals surface area (Å²) in [6, 6.07) is 20.2. The lowest BCUT2D eigenvalue weighted by atomic mass is 9.87. The molecule has 1 aliphatic carbocycles. The highest BCUT2D eigenvalue weighted by atomic mass is 16.7. The lowest BCUT2D eigenvalue weighted by Gasteiger charge is -2.20. The number of ether oxygens (including phenoxy) is 2. The van der Waals surface area contributed by atoms with E-state index in [0.717, 1.165) is 47.6 Å². The molecule has 0 aliphatic heterocycles. The van der Waals surface area contributed by atoms with E-state index in [9.17, 15) is 4.79 Å². The predicted molar refractivity (Wildman–Crippen MR) is 116 cm³/mol. The van der Waals surface area contributed by atoms with Gasteiger partial charge in [0.15, 0.2) is 0 Å². The normalized spacial score (nSPS) is 14.1. The van der Waals surface area contributed by atoms with Crippen LogP contribution in [0.3, 0.4) is 0 Å². The molecule has 152 valence electrons. The Kier molecular flexibility index (Phi) is 5.80. The van der Waals surface area contributed by atoms with Crippen LogP contribution in [0.2, 0.25) is 0 Å². The fourth-order valence-corrected chi connectivity index (χ4v) is 3.64. The maximum atomic E-state index is 12.4. The first-order valence-corrected chi connectivity index (χ1v) is 9.93. The molecular formula is C25H23NO4. The van der Waals surface area contributed by atoms with E-state index >= 15 is 0 Å². The van der Waals surface area contributed by atoms with Gasteiger partial charge in [-0.1, -0.05) is 23.4 Å². The Morgan fingerprint density at radius 3 is 2.37 bits per heavy atom. The van der Waals surface area contributed by atoms with Gasteiger partial charge in [-0.15, -0.1) is 0 Å². The van der Waals surface area contributed by atoms with Gasteiger partial charge in [0.05, 0.1) is 18.4 Å². The van der Waals surface area contributed by atoms with E-state index in [4.69, 9.17) is 14.3 Å². The standard InChI is InChI=1S/C25H23NO4/c1-17-21-9-6-10-23(22(21)15-16-24(17)28-2)26-30-25(27)18-11-13-20(14-12-18)29-19-7-4-3-5-8-19/h3-5,7-8,11-16H,6,9-10H2,1-2H3. The molecule has 0 aromatic heterocycles. The molecule has 0 unspecified atom stereocenters. The molecule has 0 fully saturated rings. The zero-order chi connectivity index (χ0) is 20.9. The number of carbonyl (C=O) groups is 1. The number of methoxy groups -OCH3 is 1. The van der Waals surface area contributed by atoms with Crippen LogP contribution in [-0.4, -0.2) is 18.8 Å². The zero-order valence-corrected chi connectivity index (χ0v) is 17.1. The van der Waals surface area contributed by atoms with Crippen LogP contribution in [0.5, 0.6) is 17.2 Å².